The van der Waals surface area contributed by atoms with Crippen molar-refractivity contribution >= 4 is 93.2 Å². The fourth-order valence-electron chi connectivity index (χ4n) is 7.57. The second-order valence-corrected chi connectivity index (χ2v) is 20.5. The van der Waals surface area contributed by atoms with E-state index < -0.39 is 70.8 Å². The summed E-state index contributed by atoms with van der Waals surface area (Å²) in [5.74, 6) is -6.66. The molecular formula is C63H84N14O23. The highest BCUT2D eigenvalue weighted by Crippen LogP contribution is 2.15. The van der Waals surface area contributed by atoms with E-state index in [4.69, 9.17) is 69.4 Å². The lowest BCUT2D eigenvalue weighted by Crippen LogP contribution is -2.41. The zero-order valence-corrected chi connectivity index (χ0v) is 54.3. The fraction of sp³-hybridized carbons (Fsp3) is 0.429. The average Bonchev–Trinajstić information content (AvgIpc) is 0.826. The van der Waals surface area contributed by atoms with Crippen molar-refractivity contribution < 1.29 is 101 Å². The van der Waals surface area contributed by atoms with Crippen LogP contribution in [0.4, 0.5) is 23.3 Å². The van der Waals surface area contributed by atoms with Gasteiger partial charge in [0.15, 0.2) is 22.3 Å². The number of benzene rings is 2. The van der Waals surface area contributed by atoms with Crippen LogP contribution in [-0.2, 0) is 84.5 Å². The number of hydrogen-bond acceptors (Lipinski definition) is 30. The number of H-pyrrole nitrogens is 2. The molecule has 0 aliphatic rings. The number of hydrogen-bond donors (Lipinski definition) is 12. The third-order valence-corrected chi connectivity index (χ3v) is 12.5. The number of aromatic amines is 2. The Morgan fingerprint density at radius 3 is 1.18 bits per heavy atom. The number of carbonyl (C=O) groups is 8. The van der Waals surface area contributed by atoms with Gasteiger partial charge in [-0.05, 0) is 75.2 Å². The van der Waals surface area contributed by atoms with Gasteiger partial charge in [0.05, 0.1) is 123 Å². The molecule has 0 aliphatic carbocycles. The Balaban J connectivity index is 0.000000435. The lowest BCUT2D eigenvalue weighted by Gasteiger charge is -2.15. The predicted molar refractivity (Wildman–Crippen MR) is 357 cm³/mol. The Kier molecular flexibility index (Phi) is 38.5. The van der Waals surface area contributed by atoms with Crippen molar-refractivity contribution in [2.45, 2.75) is 72.1 Å². The van der Waals surface area contributed by atoms with Gasteiger partial charge in [0.2, 0.25) is 11.9 Å². The van der Waals surface area contributed by atoms with Crippen molar-refractivity contribution in [2.24, 2.45) is 0 Å². The average molecular weight is 1410 g/mol. The van der Waals surface area contributed by atoms with Gasteiger partial charge in [0.1, 0.15) is 31.9 Å². The van der Waals surface area contributed by atoms with Crippen molar-refractivity contribution in [1.82, 2.24) is 50.5 Å². The third kappa shape index (κ3) is 32.9. The number of nitrogens with zero attached hydrogens (tertiary/aromatic N) is 6. The number of esters is 3. The van der Waals surface area contributed by atoms with Gasteiger partial charge in [0, 0.05) is 46.5 Å². The van der Waals surface area contributed by atoms with Gasteiger partial charge in [0.25, 0.3) is 22.9 Å². The number of fused-ring (bicyclic) bond motifs is 2. The molecule has 4 aromatic heterocycles. The van der Waals surface area contributed by atoms with Crippen LogP contribution < -0.4 is 43.9 Å². The molecule has 0 aliphatic heterocycles. The van der Waals surface area contributed by atoms with Crippen LogP contribution in [0, 0.1) is 0 Å². The van der Waals surface area contributed by atoms with Crippen LogP contribution >= 0.6 is 0 Å². The number of carboxylic acid groups (broad SMARTS) is 3. The molecule has 4 heterocycles. The molecule has 6 rings (SSSR count). The van der Waals surface area contributed by atoms with Crippen molar-refractivity contribution in [3.8, 4) is 0 Å². The highest BCUT2D eigenvalue weighted by molar-refractivity contribution is 5.98. The van der Waals surface area contributed by atoms with Gasteiger partial charge in [-0.3, -0.25) is 38.7 Å². The first-order valence-electron chi connectivity index (χ1n) is 30.3. The maximum atomic E-state index is 12.7. The van der Waals surface area contributed by atoms with Crippen LogP contribution in [0.2, 0.25) is 0 Å². The van der Waals surface area contributed by atoms with Gasteiger partial charge >= 0.3 is 35.8 Å². The summed E-state index contributed by atoms with van der Waals surface area (Å²) in [5.41, 5.74) is 13.6. The SMILES string of the molecule is C.C=C(C)C(=O)OCCOCCOCCOCCO.C=C(C)C(=O)OCCOCCOCCOCCOC(=O)CC[C@H](NC(=O)c1ccc(NCc2cnc3nc(N)[nH]c(=O)c3n2)cc1)C(=O)O.Nc1nc2ncc(CNc3ccc(C(=O)N[C@@H](CCC(=O)O)C(=O)O)cc3)nc2c(=O)[nH]1. The van der Waals surface area contributed by atoms with E-state index in [0.717, 1.165) is 0 Å². The molecule has 100 heavy (non-hydrogen) atoms. The van der Waals surface area contributed by atoms with E-state index >= 15 is 0 Å². The first-order chi connectivity index (χ1) is 47.4. The second kappa shape index (κ2) is 46.3. The number of ether oxygens (including phenoxy) is 9. The molecule has 0 radical (unpaired) electrons. The van der Waals surface area contributed by atoms with E-state index in [0.29, 0.717) is 93.4 Å². The van der Waals surface area contributed by atoms with Gasteiger partial charge in [-0.2, -0.15) is 9.97 Å². The number of aliphatic carboxylic acids is 3. The highest BCUT2D eigenvalue weighted by Gasteiger charge is 2.24. The van der Waals surface area contributed by atoms with E-state index in [2.05, 4.69) is 74.3 Å². The van der Waals surface area contributed by atoms with Crippen LogP contribution in [-0.4, -0.2) is 226 Å². The number of carbonyl (C=O) groups excluding carboxylic acids is 5. The predicted octanol–water partition coefficient (Wildman–Crippen LogP) is 1.32. The number of amides is 2. The summed E-state index contributed by atoms with van der Waals surface area (Å²) in [6, 6.07) is 9.77. The first-order valence-corrected chi connectivity index (χ1v) is 30.3. The van der Waals surface area contributed by atoms with Crippen molar-refractivity contribution in [2.75, 3.05) is 128 Å². The summed E-state index contributed by atoms with van der Waals surface area (Å²) in [7, 11) is 0. The molecule has 0 saturated heterocycles. The molecule has 2 amide bonds. The van der Waals surface area contributed by atoms with Crippen LogP contribution in [0.3, 0.4) is 0 Å². The first kappa shape index (κ1) is 83.3. The van der Waals surface area contributed by atoms with E-state index in [1.54, 1.807) is 38.1 Å². The van der Waals surface area contributed by atoms with Crippen LogP contribution in [0.5, 0.6) is 0 Å². The number of rotatable bonds is 43. The summed E-state index contributed by atoms with van der Waals surface area (Å²) in [6.45, 7) is 14.9. The van der Waals surface area contributed by atoms with Crippen LogP contribution in [0.15, 0.2) is 94.8 Å². The van der Waals surface area contributed by atoms with E-state index in [-0.39, 0.29) is 138 Å². The lowest BCUT2D eigenvalue weighted by atomic mass is 10.1. The molecule has 6 aromatic rings. The number of carboxylic acids is 3. The highest BCUT2D eigenvalue weighted by atomic mass is 16.6. The smallest absolute Gasteiger partial charge is 0.333 e. The second-order valence-electron chi connectivity index (χ2n) is 20.5. The molecule has 0 saturated carbocycles. The van der Waals surface area contributed by atoms with Gasteiger partial charge in [-0.15, -0.1) is 0 Å². The quantitative estimate of drug-likeness (QED) is 0.0111. The maximum absolute atomic E-state index is 12.7. The Morgan fingerprint density at radius 1 is 0.500 bits per heavy atom. The molecule has 37 heteroatoms. The summed E-state index contributed by atoms with van der Waals surface area (Å²) in [6.07, 6.45) is 1.88. The lowest BCUT2D eigenvalue weighted by molar-refractivity contribution is -0.146. The van der Waals surface area contributed by atoms with Gasteiger partial charge < -0.3 is 95.8 Å². The molecule has 0 spiro atoms. The Bertz CT molecular complexity index is 3760. The summed E-state index contributed by atoms with van der Waals surface area (Å²) >= 11 is 0. The molecule has 37 nitrogen and oxygen atoms in total. The normalized spacial score (nSPS) is 11.2. The number of aliphatic hydroxyl groups is 1. The zero-order chi connectivity index (χ0) is 72.5. The minimum absolute atomic E-state index is 0. The van der Waals surface area contributed by atoms with Crippen molar-refractivity contribution in [3.05, 3.63) is 128 Å². The molecule has 14 N–H and O–H groups in total. The number of nitrogens with two attached hydrogens (primary N) is 2. The molecule has 0 bridgehead atoms. The Hall–Kier alpha value is -11.0. The molecule has 544 valence electrons. The van der Waals surface area contributed by atoms with Gasteiger partial charge in [-0.25, -0.2) is 39.1 Å². The molecule has 2 atom stereocenters. The number of nitrogens with one attached hydrogen (secondary N) is 6. The molecular weight excluding hydrogens is 1320 g/mol. The van der Waals surface area contributed by atoms with Crippen LogP contribution in [0.1, 0.15) is 79.1 Å². The van der Waals surface area contributed by atoms with E-state index in [9.17, 15) is 53.1 Å². The summed E-state index contributed by atoms with van der Waals surface area (Å²) in [4.78, 5) is 146. The molecule has 0 unspecified atom stereocenters. The number of nitrogen functional groups attached to an aromatic ring is 2. The standard InChI is InChI=1S/C31H39N7O11.C19H19N7O6.C12H22O6.CH4/c1-19(2)30(44)49-16-14-47-12-10-45-9-11-46-13-15-48-24(39)8-7-23(29(42)43)36-27(40)20-3-5-21(6-4-20)33-17-22-18-34-26-25(35-22)28(41)38-31(32)37-26;20-19-25-15-14(17(30)26-19)23-11(8-22-15)7-21-10-3-1-9(2-4-10)16(29)24-12(18(31)32)5-6-13(27)28;1-11(2)12(14)18-10-9-17-8-7-16-6-5-15-4-3-13;/h3-6,18,23,33H,1,7-17H2,2H3,(H,36,40)(H,42,43)(H3,32,34,37,38,41);1-4,8,12,21H,5-7H2,(H,24,29)(H,27,28)(H,31,32)(H3,20,22,25,26,30);13H,1,3-10H2,2H3;1H4/t23-;12-;;/m00../s1. The van der Waals surface area contributed by atoms with E-state index in [1.807, 2.05) is 0 Å². The number of aromatic nitrogens is 8. The maximum Gasteiger partial charge on any atom is 0.333 e. The topological polar surface area (TPSA) is 544 Å². The van der Waals surface area contributed by atoms with Crippen molar-refractivity contribution in [1.29, 1.82) is 0 Å². The van der Waals surface area contributed by atoms with Crippen molar-refractivity contribution in [3.63, 3.8) is 0 Å². The number of aliphatic hydroxyl groups excluding tert-OH is 1. The molecule has 0 fully saturated rings. The minimum Gasteiger partial charge on any atom is -0.481 e. The zero-order valence-electron chi connectivity index (χ0n) is 54.3. The Morgan fingerprint density at radius 2 is 0.840 bits per heavy atom. The van der Waals surface area contributed by atoms with E-state index in [1.165, 1.54) is 36.7 Å². The fourth-order valence-corrected chi connectivity index (χ4v) is 7.57. The van der Waals surface area contributed by atoms with Gasteiger partial charge in [-0.1, -0.05) is 20.6 Å². The number of anilines is 4. The summed E-state index contributed by atoms with van der Waals surface area (Å²) < 4.78 is 46.1. The largest absolute Gasteiger partial charge is 0.481 e. The summed E-state index contributed by atoms with van der Waals surface area (Å²) in [5, 5.41) is 46.7. The van der Waals surface area contributed by atoms with Crippen LogP contribution in [0.25, 0.3) is 22.3 Å². The molecule has 2 aromatic carbocycles. The Labute approximate surface area is 571 Å². The third-order valence-electron chi connectivity index (χ3n) is 12.5. The monoisotopic (exact) mass is 1400 g/mol. The minimum atomic E-state index is -1.32.